The predicted octanol–water partition coefficient (Wildman–Crippen LogP) is 5.01. The fourth-order valence-electron chi connectivity index (χ4n) is 2.54. The number of amidine groups is 1. The molecule has 2 aromatic rings. The van der Waals surface area contributed by atoms with E-state index in [0.717, 1.165) is 5.56 Å². The van der Waals surface area contributed by atoms with Crippen molar-refractivity contribution in [3.8, 4) is 5.75 Å². The summed E-state index contributed by atoms with van der Waals surface area (Å²) in [6.45, 7) is 6.33. The maximum absolute atomic E-state index is 13.9. The first-order valence-electron chi connectivity index (χ1n) is 8.51. The van der Waals surface area contributed by atoms with Crippen molar-refractivity contribution in [3.63, 3.8) is 0 Å². The molecule has 0 N–H and O–H groups in total. The molecule has 1 fully saturated rings. The lowest BCUT2D eigenvalue weighted by Gasteiger charge is -2.12. The lowest BCUT2D eigenvalue weighted by atomic mass is 10.2. The van der Waals surface area contributed by atoms with Gasteiger partial charge in [0.25, 0.3) is 5.91 Å². The number of benzene rings is 2. The van der Waals surface area contributed by atoms with Crippen LogP contribution in [0.3, 0.4) is 0 Å². The van der Waals surface area contributed by atoms with Crippen LogP contribution in [0.1, 0.15) is 12.5 Å². The maximum atomic E-state index is 13.9. The third-order valence-electron chi connectivity index (χ3n) is 3.84. The van der Waals surface area contributed by atoms with Crippen LogP contribution in [-0.2, 0) is 4.79 Å². The molecule has 0 spiro atoms. The minimum Gasteiger partial charge on any atom is -0.489 e. The monoisotopic (exact) mass is 382 g/mol. The van der Waals surface area contributed by atoms with Crippen LogP contribution in [0.2, 0.25) is 0 Å². The van der Waals surface area contributed by atoms with Crippen LogP contribution >= 0.6 is 11.8 Å². The minimum absolute atomic E-state index is 0.156. The predicted molar refractivity (Wildman–Crippen MR) is 109 cm³/mol. The Hall–Kier alpha value is -2.86. The van der Waals surface area contributed by atoms with Crippen LogP contribution in [0.5, 0.6) is 5.75 Å². The summed E-state index contributed by atoms with van der Waals surface area (Å²) in [5.41, 5.74) is 1.00. The van der Waals surface area contributed by atoms with Crippen LogP contribution in [0.4, 0.5) is 10.1 Å². The second-order valence-corrected chi connectivity index (χ2v) is 6.65. The van der Waals surface area contributed by atoms with Gasteiger partial charge in [-0.25, -0.2) is 9.38 Å². The Morgan fingerprint density at radius 3 is 2.70 bits per heavy atom. The summed E-state index contributed by atoms with van der Waals surface area (Å²) >= 11 is 1.23. The molecule has 1 amide bonds. The van der Waals surface area contributed by atoms with E-state index in [2.05, 4.69) is 11.6 Å². The SMILES string of the molecule is C=CCOc1ccccc1/C=C1/SC(=Nc2ccccc2F)N(CC)C1=O. The van der Waals surface area contributed by atoms with E-state index in [9.17, 15) is 9.18 Å². The molecule has 1 aliphatic rings. The minimum atomic E-state index is -0.422. The van der Waals surface area contributed by atoms with E-state index in [4.69, 9.17) is 4.74 Å². The topological polar surface area (TPSA) is 41.9 Å². The summed E-state index contributed by atoms with van der Waals surface area (Å²) in [7, 11) is 0. The summed E-state index contributed by atoms with van der Waals surface area (Å²) in [6, 6.07) is 13.7. The first-order valence-corrected chi connectivity index (χ1v) is 9.33. The summed E-state index contributed by atoms with van der Waals surface area (Å²) in [5.74, 6) is 0.0895. The largest absolute Gasteiger partial charge is 0.489 e. The molecule has 0 bridgehead atoms. The average molecular weight is 382 g/mol. The van der Waals surface area contributed by atoms with Crippen molar-refractivity contribution in [1.82, 2.24) is 4.90 Å². The standard InChI is InChI=1S/C21H19FN2O2S/c1-3-13-26-18-12-8-5-9-15(18)14-19-20(25)24(4-2)21(27-19)23-17-11-7-6-10-16(17)22/h3,5-12,14H,1,4,13H2,2H3/b19-14+,23-21?. The molecular formula is C21H19FN2O2S. The van der Waals surface area contributed by atoms with Crippen LogP contribution in [-0.4, -0.2) is 29.1 Å². The van der Waals surface area contributed by atoms with E-state index in [1.54, 1.807) is 30.4 Å². The van der Waals surface area contributed by atoms with Gasteiger partial charge in [-0.3, -0.25) is 9.69 Å². The number of para-hydroxylation sites is 2. The van der Waals surface area contributed by atoms with Crippen molar-refractivity contribution in [3.05, 3.63) is 77.5 Å². The zero-order valence-corrected chi connectivity index (χ0v) is 15.7. The zero-order chi connectivity index (χ0) is 19.2. The van der Waals surface area contributed by atoms with Gasteiger partial charge in [-0.05, 0) is 43.0 Å². The number of hydrogen-bond donors (Lipinski definition) is 0. The first kappa shape index (κ1) is 18.9. The molecule has 0 aliphatic carbocycles. The zero-order valence-electron chi connectivity index (χ0n) is 14.9. The van der Waals surface area contributed by atoms with Crippen LogP contribution in [0.25, 0.3) is 6.08 Å². The fraction of sp³-hybridized carbons (Fsp3) is 0.143. The maximum Gasteiger partial charge on any atom is 0.266 e. The molecule has 0 aromatic heterocycles. The highest BCUT2D eigenvalue weighted by atomic mass is 32.2. The van der Waals surface area contributed by atoms with Gasteiger partial charge in [0.05, 0.1) is 4.91 Å². The number of nitrogens with zero attached hydrogens (tertiary/aromatic N) is 2. The summed E-state index contributed by atoms with van der Waals surface area (Å²) in [4.78, 5) is 19.2. The molecule has 27 heavy (non-hydrogen) atoms. The third-order valence-corrected chi connectivity index (χ3v) is 4.84. The lowest BCUT2D eigenvalue weighted by molar-refractivity contribution is -0.122. The van der Waals surface area contributed by atoms with Gasteiger partial charge in [0.15, 0.2) is 5.17 Å². The molecule has 6 heteroatoms. The van der Waals surface area contributed by atoms with E-state index >= 15 is 0 Å². The molecule has 2 aromatic carbocycles. The molecule has 4 nitrogen and oxygen atoms in total. The number of carbonyl (C=O) groups is 1. The number of ether oxygens (including phenoxy) is 1. The molecule has 138 valence electrons. The highest BCUT2D eigenvalue weighted by Crippen LogP contribution is 2.35. The summed E-state index contributed by atoms with van der Waals surface area (Å²) < 4.78 is 19.6. The second-order valence-electron chi connectivity index (χ2n) is 5.64. The summed E-state index contributed by atoms with van der Waals surface area (Å²) in [5, 5.41) is 0.461. The Morgan fingerprint density at radius 2 is 1.96 bits per heavy atom. The van der Waals surface area contributed by atoms with E-state index in [1.165, 1.54) is 22.7 Å². The molecule has 3 rings (SSSR count). The van der Waals surface area contributed by atoms with Gasteiger partial charge in [0.1, 0.15) is 23.9 Å². The smallest absolute Gasteiger partial charge is 0.266 e. The fourth-order valence-corrected chi connectivity index (χ4v) is 3.58. The number of hydrogen-bond acceptors (Lipinski definition) is 4. The lowest BCUT2D eigenvalue weighted by Crippen LogP contribution is -2.28. The van der Waals surface area contributed by atoms with Crippen LogP contribution < -0.4 is 4.74 Å². The molecule has 0 unspecified atom stereocenters. The Morgan fingerprint density at radius 1 is 1.22 bits per heavy atom. The Labute approximate surface area is 162 Å². The number of thioether (sulfide) groups is 1. The van der Waals surface area contributed by atoms with Gasteiger partial charge in [0, 0.05) is 12.1 Å². The summed E-state index contributed by atoms with van der Waals surface area (Å²) in [6.07, 6.45) is 3.44. The van der Waals surface area contributed by atoms with Crippen molar-refractivity contribution in [2.75, 3.05) is 13.2 Å². The van der Waals surface area contributed by atoms with Crippen molar-refractivity contribution < 1.29 is 13.9 Å². The van der Waals surface area contributed by atoms with E-state index in [-0.39, 0.29) is 11.6 Å². The molecule has 1 saturated heterocycles. The van der Waals surface area contributed by atoms with Gasteiger partial charge in [-0.1, -0.05) is 43.0 Å². The van der Waals surface area contributed by atoms with Crippen LogP contribution in [0.15, 0.2) is 71.1 Å². The van der Waals surface area contributed by atoms with Crippen molar-refractivity contribution in [2.45, 2.75) is 6.92 Å². The number of carbonyl (C=O) groups excluding carboxylic acids is 1. The molecule has 0 radical (unpaired) electrons. The molecule has 1 heterocycles. The van der Waals surface area contributed by atoms with E-state index in [1.807, 2.05) is 31.2 Å². The van der Waals surface area contributed by atoms with Gasteiger partial charge in [0.2, 0.25) is 0 Å². The van der Waals surface area contributed by atoms with Gasteiger partial charge < -0.3 is 4.74 Å². The molecule has 0 atom stereocenters. The normalized spacial score (nSPS) is 17.0. The first-order chi connectivity index (χ1) is 13.1. The number of aliphatic imine (C=N–C) groups is 1. The highest BCUT2D eigenvalue weighted by molar-refractivity contribution is 8.18. The van der Waals surface area contributed by atoms with Crippen molar-refractivity contribution in [2.24, 2.45) is 4.99 Å². The van der Waals surface area contributed by atoms with Crippen molar-refractivity contribution >= 4 is 34.6 Å². The van der Waals surface area contributed by atoms with E-state index < -0.39 is 5.82 Å². The Kier molecular flexibility index (Phi) is 6.08. The molecule has 1 aliphatic heterocycles. The van der Waals surface area contributed by atoms with Crippen molar-refractivity contribution in [1.29, 1.82) is 0 Å². The quantitative estimate of drug-likeness (QED) is 0.521. The molecule has 0 saturated carbocycles. The number of amides is 1. The molecular weight excluding hydrogens is 363 g/mol. The van der Waals surface area contributed by atoms with Gasteiger partial charge in [-0.15, -0.1) is 0 Å². The Bertz CT molecular complexity index is 924. The second kappa shape index (κ2) is 8.68. The number of likely N-dealkylation sites (N-methyl/N-ethyl adjacent to an activating group) is 1. The highest BCUT2D eigenvalue weighted by Gasteiger charge is 2.32. The average Bonchev–Trinajstić information content (AvgIpc) is 2.97. The number of rotatable bonds is 6. The van der Waals surface area contributed by atoms with Crippen LogP contribution in [0, 0.1) is 5.82 Å². The Balaban J connectivity index is 1.94. The third kappa shape index (κ3) is 4.28. The van der Waals surface area contributed by atoms with Gasteiger partial charge >= 0.3 is 0 Å². The van der Waals surface area contributed by atoms with E-state index in [0.29, 0.717) is 29.0 Å². The number of halogens is 1. The van der Waals surface area contributed by atoms with Gasteiger partial charge in [-0.2, -0.15) is 0 Å².